The normalized spacial score (nSPS) is 10.6. The van der Waals surface area contributed by atoms with Crippen LogP contribution < -0.4 is 17.2 Å². The zero-order valence-corrected chi connectivity index (χ0v) is 18.4. The zero-order valence-electron chi connectivity index (χ0n) is 18.4. The topological polar surface area (TPSA) is 129 Å². The highest BCUT2D eigenvalue weighted by molar-refractivity contribution is 5.80. The lowest BCUT2D eigenvalue weighted by Gasteiger charge is -2.10. The van der Waals surface area contributed by atoms with Crippen LogP contribution >= 0.6 is 0 Å². The molecule has 0 spiro atoms. The molecular weight excluding hydrogens is 342 g/mol. The summed E-state index contributed by atoms with van der Waals surface area (Å²) in [6, 6.07) is 12.0. The van der Waals surface area contributed by atoms with Gasteiger partial charge in [-0.1, -0.05) is 98.7 Å². The lowest BCUT2D eigenvalue weighted by Crippen LogP contribution is -2.27. The van der Waals surface area contributed by atoms with Gasteiger partial charge in [0.15, 0.2) is 0 Å². The third kappa shape index (κ3) is 23.6. The summed E-state index contributed by atoms with van der Waals surface area (Å²) in [5.41, 5.74) is 13.7. The molecule has 0 aliphatic carbocycles. The van der Waals surface area contributed by atoms with Crippen molar-refractivity contribution in [3.63, 3.8) is 0 Å². The minimum atomic E-state index is -0.361. The maximum atomic E-state index is 10.2. The first-order valence-electron chi connectivity index (χ1n) is 8.73. The molecule has 0 unspecified atom stereocenters. The van der Waals surface area contributed by atoms with Crippen LogP contribution in [0.5, 0.6) is 0 Å². The summed E-state index contributed by atoms with van der Waals surface area (Å²) in [5, 5.41) is 0. The largest absolute Gasteiger partial charge is 0.369 e. The number of primary amides is 3. The van der Waals surface area contributed by atoms with Crippen molar-refractivity contribution in [3.05, 3.63) is 36.4 Å². The second-order valence-corrected chi connectivity index (χ2v) is 9.00. The van der Waals surface area contributed by atoms with Crippen LogP contribution in [0.15, 0.2) is 36.4 Å². The predicted molar refractivity (Wildman–Crippen MR) is 112 cm³/mol. The molecule has 1 aromatic carbocycles. The predicted octanol–water partition coefficient (Wildman–Crippen LogP) is 3.24. The molecule has 6 nitrogen and oxygen atoms in total. The highest BCUT2D eigenvalue weighted by Gasteiger charge is 2.17. The van der Waals surface area contributed by atoms with Crippen molar-refractivity contribution in [2.45, 2.75) is 62.3 Å². The Hall–Kier alpha value is -2.37. The van der Waals surface area contributed by atoms with E-state index in [1.54, 1.807) is 62.3 Å². The summed E-state index contributed by atoms with van der Waals surface area (Å²) in [6.07, 6.45) is 0. The number of hydrogen-bond acceptors (Lipinski definition) is 3. The first-order valence-corrected chi connectivity index (χ1v) is 8.73. The summed E-state index contributed by atoms with van der Waals surface area (Å²) < 4.78 is 0. The van der Waals surface area contributed by atoms with Crippen molar-refractivity contribution in [2.75, 3.05) is 0 Å². The Morgan fingerprint density at radius 2 is 0.519 bits per heavy atom. The third-order valence-corrected chi connectivity index (χ3v) is 2.88. The van der Waals surface area contributed by atoms with Crippen LogP contribution in [0.25, 0.3) is 0 Å². The number of nitrogens with two attached hydrogens (primary N) is 3. The van der Waals surface area contributed by atoms with Crippen LogP contribution in [-0.4, -0.2) is 17.7 Å². The molecule has 156 valence electrons. The summed E-state index contributed by atoms with van der Waals surface area (Å²) in [5.74, 6) is -0.771. The van der Waals surface area contributed by atoms with E-state index in [-0.39, 0.29) is 34.0 Å². The van der Waals surface area contributed by atoms with Gasteiger partial charge in [0.1, 0.15) is 0 Å². The number of amides is 3. The lowest BCUT2D eigenvalue weighted by molar-refractivity contribution is -0.125. The van der Waals surface area contributed by atoms with Crippen molar-refractivity contribution < 1.29 is 14.4 Å². The Labute approximate surface area is 164 Å². The second-order valence-electron chi connectivity index (χ2n) is 9.00. The van der Waals surface area contributed by atoms with E-state index in [4.69, 9.17) is 17.2 Å². The molecule has 0 aliphatic rings. The number of rotatable bonds is 0. The van der Waals surface area contributed by atoms with Gasteiger partial charge in [0.05, 0.1) is 0 Å². The number of carbonyl (C=O) groups is 3. The number of benzene rings is 1. The van der Waals surface area contributed by atoms with Crippen molar-refractivity contribution in [1.82, 2.24) is 0 Å². The minimum Gasteiger partial charge on any atom is -0.369 e. The first kappa shape index (κ1) is 29.4. The third-order valence-electron chi connectivity index (χ3n) is 2.88. The minimum absolute atomic E-state index is 0.257. The van der Waals surface area contributed by atoms with Gasteiger partial charge in [-0.3, -0.25) is 14.4 Å². The van der Waals surface area contributed by atoms with Gasteiger partial charge in [-0.05, 0) is 0 Å². The maximum Gasteiger partial charge on any atom is 0.222 e. The van der Waals surface area contributed by atoms with Crippen LogP contribution in [0.3, 0.4) is 0 Å². The molecule has 0 radical (unpaired) electrons. The van der Waals surface area contributed by atoms with Crippen molar-refractivity contribution in [1.29, 1.82) is 0 Å². The molecule has 27 heavy (non-hydrogen) atoms. The highest BCUT2D eigenvalue weighted by atomic mass is 16.2. The van der Waals surface area contributed by atoms with E-state index >= 15 is 0 Å². The maximum absolute atomic E-state index is 10.2. The van der Waals surface area contributed by atoms with Crippen LogP contribution in [-0.2, 0) is 14.4 Å². The van der Waals surface area contributed by atoms with E-state index in [0.717, 1.165) is 0 Å². The average molecular weight is 382 g/mol. The lowest BCUT2D eigenvalue weighted by atomic mass is 9.96. The fraction of sp³-hybridized carbons (Fsp3) is 0.571. The molecule has 6 heteroatoms. The monoisotopic (exact) mass is 381 g/mol. The summed E-state index contributed by atoms with van der Waals surface area (Å²) >= 11 is 0. The molecule has 0 atom stereocenters. The first-order chi connectivity index (χ1) is 11.8. The Bertz CT molecular complexity index is 465. The number of carbonyl (C=O) groups excluding carboxylic acids is 3. The Kier molecular flexibility index (Phi) is 14.0. The average Bonchev–Trinajstić information content (AvgIpc) is 2.48. The molecule has 0 aliphatic heterocycles. The van der Waals surface area contributed by atoms with Crippen LogP contribution in [0.1, 0.15) is 62.3 Å². The summed E-state index contributed by atoms with van der Waals surface area (Å²) in [6.45, 7) is 16.1. The van der Waals surface area contributed by atoms with Gasteiger partial charge >= 0.3 is 0 Å². The fourth-order valence-electron chi connectivity index (χ4n) is 0.385. The summed E-state index contributed by atoms with van der Waals surface area (Å²) in [7, 11) is 0. The van der Waals surface area contributed by atoms with Gasteiger partial charge < -0.3 is 17.2 Å². The van der Waals surface area contributed by atoms with Crippen LogP contribution in [0.4, 0.5) is 0 Å². The van der Waals surface area contributed by atoms with Crippen molar-refractivity contribution in [3.8, 4) is 0 Å². The smallest absolute Gasteiger partial charge is 0.222 e. The SMILES string of the molecule is CC(C)(C)C(N)=O.CC(C)(C)C(N)=O.CC(C)(C)C(N)=O.c1ccccc1. The Morgan fingerprint density at radius 3 is 0.556 bits per heavy atom. The van der Waals surface area contributed by atoms with E-state index in [2.05, 4.69) is 0 Å². The van der Waals surface area contributed by atoms with Gasteiger partial charge in [0.2, 0.25) is 17.7 Å². The molecule has 3 amide bonds. The molecule has 1 aromatic rings. The standard InChI is InChI=1S/C6H6.3C5H11NO/c1-2-4-6-5-3-1;3*1-5(2,3)4(6)7/h1-6H;3*1-3H3,(H2,6,7). The summed E-state index contributed by atoms with van der Waals surface area (Å²) in [4.78, 5) is 30.7. The van der Waals surface area contributed by atoms with Gasteiger partial charge in [0, 0.05) is 16.2 Å². The van der Waals surface area contributed by atoms with E-state index in [0.29, 0.717) is 0 Å². The molecule has 1 rings (SSSR count). The van der Waals surface area contributed by atoms with Crippen molar-refractivity contribution >= 4 is 17.7 Å². The molecular formula is C21H39N3O3. The van der Waals surface area contributed by atoms with E-state index in [9.17, 15) is 14.4 Å². The molecule has 0 bridgehead atoms. The van der Waals surface area contributed by atoms with Gasteiger partial charge in [0.25, 0.3) is 0 Å². The molecule has 0 heterocycles. The second kappa shape index (κ2) is 12.9. The number of hydrogen-bond donors (Lipinski definition) is 3. The van der Waals surface area contributed by atoms with E-state index in [1.807, 2.05) is 36.4 Å². The van der Waals surface area contributed by atoms with Gasteiger partial charge in [-0.2, -0.15) is 0 Å². The molecule has 0 saturated heterocycles. The fourth-order valence-corrected chi connectivity index (χ4v) is 0.385. The van der Waals surface area contributed by atoms with E-state index in [1.165, 1.54) is 0 Å². The van der Waals surface area contributed by atoms with Gasteiger partial charge in [-0.25, -0.2) is 0 Å². The van der Waals surface area contributed by atoms with Crippen LogP contribution in [0.2, 0.25) is 0 Å². The molecule has 6 N–H and O–H groups in total. The molecule has 0 aromatic heterocycles. The molecule has 0 fully saturated rings. The van der Waals surface area contributed by atoms with E-state index < -0.39 is 0 Å². The Balaban J connectivity index is -0.000000285. The molecule has 0 saturated carbocycles. The Morgan fingerprint density at radius 1 is 0.444 bits per heavy atom. The van der Waals surface area contributed by atoms with Gasteiger partial charge in [-0.15, -0.1) is 0 Å². The van der Waals surface area contributed by atoms with Crippen molar-refractivity contribution in [2.24, 2.45) is 33.4 Å². The van der Waals surface area contributed by atoms with Crippen LogP contribution in [0, 0.1) is 16.2 Å². The zero-order chi connectivity index (χ0) is 22.5. The highest BCUT2D eigenvalue weighted by Crippen LogP contribution is 2.10. The quantitative estimate of drug-likeness (QED) is 0.637.